The van der Waals surface area contributed by atoms with E-state index in [1.807, 2.05) is 0 Å². The second-order valence-corrected chi connectivity index (χ2v) is 4.91. The van der Waals surface area contributed by atoms with Gasteiger partial charge >= 0.3 is 0 Å². The topological polar surface area (TPSA) is 63.3 Å². The van der Waals surface area contributed by atoms with Crippen molar-refractivity contribution >= 4 is 27.4 Å². The standard InChI is InChI=1S/C14H12BrNO2/c15-10-3-6-13(16)12(8-10)14(18)7-9-1-4-11(17)5-2-9/h1-6,8,17H,7,16H2. The third-order valence-corrected chi connectivity index (χ3v) is 3.11. The van der Waals surface area contributed by atoms with Gasteiger partial charge in [-0.15, -0.1) is 0 Å². The second-order valence-electron chi connectivity index (χ2n) is 4.00. The summed E-state index contributed by atoms with van der Waals surface area (Å²) in [6.07, 6.45) is 0.265. The summed E-state index contributed by atoms with van der Waals surface area (Å²) < 4.78 is 0.825. The number of benzene rings is 2. The number of aromatic hydroxyl groups is 1. The van der Waals surface area contributed by atoms with Gasteiger partial charge in [-0.05, 0) is 35.9 Å². The van der Waals surface area contributed by atoms with Gasteiger partial charge < -0.3 is 10.8 Å². The first-order valence-corrected chi connectivity index (χ1v) is 6.21. The second kappa shape index (κ2) is 5.23. The summed E-state index contributed by atoms with van der Waals surface area (Å²) in [4.78, 5) is 12.1. The van der Waals surface area contributed by atoms with Crippen LogP contribution in [0.2, 0.25) is 0 Å². The van der Waals surface area contributed by atoms with Gasteiger partial charge in [-0.3, -0.25) is 4.79 Å². The average Bonchev–Trinajstić information content (AvgIpc) is 2.35. The van der Waals surface area contributed by atoms with Gasteiger partial charge in [-0.1, -0.05) is 28.1 Å². The first-order chi connectivity index (χ1) is 8.56. The maximum absolute atomic E-state index is 12.1. The molecule has 0 unspecified atom stereocenters. The van der Waals surface area contributed by atoms with E-state index < -0.39 is 0 Å². The molecule has 92 valence electrons. The third-order valence-electron chi connectivity index (χ3n) is 2.62. The molecule has 0 amide bonds. The van der Waals surface area contributed by atoms with E-state index in [4.69, 9.17) is 5.73 Å². The zero-order chi connectivity index (χ0) is 13.1. The highest BCUT2D eigenvalue weighted by Gasteiger charge is 2.11. The smallest absolute Gasteiger partial charge is 0.169 e. The molecule has 0 saturated heterocycles. The molecule has 0 fully saturated rings. The summed E-state index contributed by atoms with van der Waals surface area (Å²) >= 11 is 3.32. The van der Waals surface area contributed by atoms with E-state index in [0.29, 0.717) is 11.3 Å². The van der Waals surface area contributed by atoms with E-state index in [-0.39, 0.29) is 18.0 Å². The average molecular weight is 306 g/mol. The Morgan fingerprint density at radius 2 is 1.83 bits per heavy atom. The highest BCUT2D eigenvalue weighted by Crippen LogP contribution is 2.20. The summed E-state index contributed by atoms with van der Waals surface area (Å²) in [7, 11) is 0. The Labute approximate surface area is 113 Å². The molecule has 0 saturated carbocycles. The molecule has 0 bridgehead atoms. The normalized spacial score (nSPS) is 10.3. The molecule has 0 aliphatic carbocycles. The van der Waals surface area contributed by atoms with Gasteiger partial charge in [-0.25, -0.2) is 0 Å². The van der Waals surface area contributed by atoms with Gasteiger partial charge in [0.2, 0.25) is 0 Å². The van der Waals surface area contributed by atoms with Crippen LogP contribution >= 0.6 is 15.9 Å². The molecule has 3 nitrogen and oxygen atoms in total. The summed E-state index contributed by atoms with van der Waals surface area (Å²) in [6, 6.07) is 11.8. The molecule has 0 atom stereocenters. The number of phenols is 1. The van der Waals surface area contributed by atoms with Crippen molar-refractivity contribution in [1.29, 1.82) is 0 Å². The van der Waals surface area contributed by atoms with Crippen molar-refractivity contribution < 1.29 is 9.90 Å². The van der Waals surface area contributed by atoms with Crippen LogP contribution in [0.15, 0.2) is 46.9 Å². The fourth-order valence-electron chi connectivity index (χ4n) is 1.66. The number of rotatable bonds is 3. The van der Waals surface area contributed by atoms with Crippen molar-refractivity contribution in [2.75, 3.05) is 5.73 Å². The molecule has 0 aromatic heterocycles. The molecule has 18 heavy (non-hydrogen) atoms. The Hall–Kier alpha value is -1.81. The Morgan fingerprint density at radius 1 is 1.17 bits per heavy atom. The number of Topliss-reactive ketones (excluding diaryl/α,β-unsaturated/α-hetero) is 1. The van der Waals surface area contributed by atoms with Crippen LogP contribution in [0.5, 0.6) is 5.75 Å². The molecule has 3 N–H and O–H groups in total. The SMILES string of the molecule is Nc1ccc(Br)cc1C(=O)Cc1ccc(O)cc1. The number of nitrogens with two attached hydrogens (primary N) is 1. The lowest BCUT2D eigenvalue weighted by Gasteiger charge is -2.06. The van der Waals surface area contributed by atoms with Gasteiger partial charge in [0.1, 0.15) is 5.75 Å². The van der Waals surface area contributed by atoms with Crippen molar-refractivity contribution in [3.63, 3.8) is 0 Å². The first-order valence-electron chi connectivity index (χ1n) is 5.42. The van der Waals surface area contributed by atoms with E-state index in [2.05, 4.69) is 15.9 Å². The molecule has 2 aromatic rings. The lowest BCUT2D eigenvalue weighted by molar-refractivity contribution is 0.0993. The maximum Gasteiger partial charge on any atom is 0.169 e. The Morgan fingerprint density at radius 3 is 2.50 bits per heavy atom. The van der Waals surface area contributed by atoms with E-state index in [1.165, 1.54) is 0 Å². The quantitative estimate of drug-likeness (QED) is 0.676. The number of hydrogen-bond donors (Lipinski definition) is 2. The summed E-state index contributed by atoms with van der Waals surface area (Å²) in [5.74, 6) is 0.146. The van der Waals surface area contributed by atoms with Crippen LogP contribution in [0.25, 0.3) is 0 Å². The molecule has 0 aliphatic rings. The summed E-state index contributed by atoms with van der Waals surface area (Å²) in [5, 5.41) is 9.18. The minimum Gasteiger partial charge on any atom is -0.508 e. The zero-order valence-corrected chi connectivity index (χ0v) is 11.1. The molecule has 0 radical (unpaired) electrons. The Kier molecular flexibility index (Phi) is 3.67. The van der Waals surface area contributed by atoms with Crippen LogP contribution in [0.4, 0.5) is 5.69 Å². The third kappa shape index (κ3) is 2.90. The van der Waals surface area contributed by atoms with Crippen LogP contribution in [0.3, 0.4) is 0 Å². The number of phenolic OH excluding ortho intramolecular Hbond substituents is 1. The van der Waals surface area contributed by atoms with Crippen molar-refractivity contribution in [1.82, 2.24) is 0 Å². The van der Waals surface area contributed by atoms with E-state index in [9.17, 15) is 9.90 Å². The van der Waals surface area contributed by atoms with Crippen molar-refractivity contribution in [2.24, 2.45) is 0 Å². The fraction of sp³-hybridized carbons (Fsp3) is 0.0714. The van der Waals surface area contributed by atoms with Crippen LogP contribution < -0.4 is 5.73 Å². The first kappa shape index (κ1) is 12.6. The van der Waals surface area contributed by atoms with Crippen molar-refractivity contribution in [3.05, 3.63) is 58.1 Å². The monoisotopic (exact) mass is 305 g/mol. The highest BCUT2D eigenvalue weighted by molar-refractivity contribution is 9.10. The molecule has 2 rings (SSSR count). The van der Waals surface area contributed by atoms with Gasteiger partial charge in [0, 0.05) is 22.1 Å². The summed E-state index contributed by atoms with van der Waals surface area (Å²) in [5.41, 5.74) is 7.62. The van der Waals surface area contributed by atoms with Gasteiger partial charge in [0.05, 0.1) is 0 Å². The number of nitrogen functional groups attached to an aromatic ring is 1. The zero-order valence-electron chi connectivity index (χ0n) is 9.56. The number of halogens is 1. The van der Waals surface area contributed by atoms with Crippen molar-refractivity contribution in [3.8, 4) is 5.75 Å². The molecular formula is C14H12BrNO2. The molecule has 0 aliphatic heterocycles. The number of carbonyl (C=O) groups excluding carboxylic acids is 1. The van der Waals surface area contributed by atoms with Crippen LogP contribution in [-0.4, -0.2) is 10.9 Å². The largest absolute Gasteiger partial charge is 0.508 e. The molecule has 2 aromatic carbocycles. The molecule has 0 heterocycles. The minimum atomic E-state index is -0.0421. The number of anilines is 1. The fourth-order valence-corrected chi connectivity index (χ4v) is 2.03. The summed E-state index contributed by atoms with van der Waals surface area (Å²) in [6.45, 7) is 0. The lowest BCUT2D eigenvalue weighted by atomic mass is 10.0. The number of carbonyl (C=O) groups is 1. The molecular weight excluding hydrogens is 294 g/mol. The van der Waals surface area contributed by atoms with Gasteiger partial charge in [-0.2, -0.15) is 0 Å². The lowest BCUT2D eigenvalue weighted by Crippen LogP contribution is -2.07. The minimum absolute atomic E-state index is 0.0421. The van der Waals surface area contributed by atoms with E-state index in [0.717, 1.165) is 10.0 Å². The van der Waals surface area contributed by atoms with Crippen LogP contribution in [0, 0.1) is 0 Å². The predicted octanol–water partition coefficient (Wildman–Crippen LogP) is 3.16. The van der Waals surface area contributed by atoms with Gasteiger partial charge in [0.15, 0.2) is 5.78 Å². The van der Waals surface area contributed by atoms with Gasteiger partial charge in [0.25, 0.3) is 0 Å². The van der Waals surface area contributed by atoms with E-state index >= 15 is 0 Å². The van der Waals surface area contributed by atoms with E-state index in [1.54, 1.807) is 42.5 Å². The number of hydrogen-bond acceptors (Lipinski definition) is 3. The predicted molar refractivity (Wildman–Crippen MR) is 74.7 cm³/mol. The Balaban J connectivity index is 2.21. The number of ketones is 1. The molecule has 0 spiro atoms. The molecule has 4 heteroatoms. The van der Waals surface area contributed by atoms with Crippen molar-refractivity contribution in [2.45, 2.75) is 6.42 Å². The maximum atomic E-state index is 12.1. The highest BCUT2D eigenvalue weighted by atomic mass is 79.9. The van der Waals surface area contributed by atoms with Crippen LogP contribution in [0.1, 0.15) is 15.9 Å². The Bertz CT molecular complexity index is 579. The van der Waals surface area contributed by atoms with Crippen LogP contribution in [-0.2, 0) is 6.42 Å².